The van der Waals surface area contributed by atoms with Crippen molar-refractivity contribution in [3.05, 3.63) is 35.6 Å². The van der Waals surface area contributed by atoms with Gasteiger partial charge in [-0.25, -0.2) is 4.98 Å². The fraction of sp³-hybridized carbons (Fsp3) is 0.529. The van der Waals surface area contributed by atoms with Crippen molar-refractivity contribution in [1.82, 2.24) is 20.0 Å². The van der Waals surface area contributed by atoms with E-state index >= 15 is 0 Å². The Morgan fingerprint density at radius 1 is 1.29 bits per heavy atom. The molecule has 1 aliphatic rings. The second kappa shape index (κ2) is 6.98. The number of likely N-dealkylation sites (tertiary alicyclic amines) is 1. The van der Waals surface area contributed by atoms with Crippen molar-refractivity contribution in [2.24, 2.45) is 0 Å². The van der Waals surface area contributed by atoms with Gasteiger partial charge in [0.05, 0.1) is 11.6 Å². The van der Waals surface area contributed by atoms with Gasteiger partial charge in [-0.2, -0.15) is 4.98 Å². The maximum Gasteiger partial charge on any atom is 0.256 e. The molecule has 1 atom stereocenters. The molecule has 0 spiro atoms. The van der Waals surface area contributed by atoms with Crippen molar-refractivity contribution >= 4 is 11.7 Å². The Morgan fingerprint density at radius 2 is 2.12 bits per heavy atom. The summed E-state index contributed by atoms with van der Waals surface area (Å²) in [6.07, 6.45) is 5.64. The number of nitrogens with zero attached hydrogens (tertiary/aromatic N) is 5. The number of hydrogen-bond acceptors (Lipinski definition) is 6. The van der Waals surface area contributed by atoms with E-state index in [0.717, 1.165) is 31.5 Å². The van der Waals surface area contributed by atoms with Crippen LogP contribution in [0.2, 0.25) is 0 Å². The van der Waals surface area contributed by atoms with Gasteiger partial charge in [-0.15, -0.1) is 0 Å². The quantitative estimate of drug-likeness (QED) is 0.861. The lowest BCUT2D eigenvalue weighted by atomic mass is 10.1. The van der Waals surface area contributed by atoms with Crippen molar-refractivity contribution < 1.29 is 9.32 Å². The average molecular weight is 329 g/mol. The third kappa shape index (κ3) is 3.39. The number of hydrogen-bond donors (Lipinski definition) is 0. The van der Waals surface area contributed by atoms with Crippen LogP contribution in [-0.2, 0) is 0 Å². The molecule has 0 aromatic carbocycles. The Balaban J connectivity index is 1.86. The lowest BCUT2D eigenvalue weighted by molar-refractivity contribution is 0.0670. The molecule has 1 unspecified atom stereocenters. The topological polar surface area (TPSA) is 75.4 Å². The number of aromatic nitrogens is 3. The van der Waals surface area contributed by atoms with Gasteiger partial charge in [-0.1, -0.05) is 18.0 Å². The maximum absolute atomic E-state index is 13.0. The molecule has 3 rings (SSSR count). The summed E-state index contributed by atoms with van der Waals surface area (Å²) in [4.78, 5) is 25.5. The number of pyridine rings is 1. The summed E-state index contributed by atoms with van der Waals surface area (Å²) in [5.41, 5.74) is 0.590. The molecule has 24 heavy (non-hydrogen) atoms. The predicted octanol–water partition coefficient (Wildman–Crippen LogP) is 2.60. The minimum Gasteiger partial charge on any atom is -0.363 e. The van der Waals surface area contributed by atoms with Crippen LogP contribution in [0.15, 0.2) is 22.9 Å². The van der Waals surface area contributed by atoms with Crippen molar-refractivity contribution in [2.75, 3.05) is 25.5 Å². The van der Waals surface area contributed by atoms with E-state index < -0.39 is 0 Å². The van der Waals surface area contributed by atoms with E-state index in [2.05, 4.69) is 15.1 Å². The van der Waals surface area contributed by atoms with E-state index in [0.29, 0.717) is 23.8 Å². The first-order chi connectivity index (χ1) is 11.6. The molecular weight excluding hydrogens is 306 g/mol. The van der Waals surface area contributed by atoms with Crippen LogP contribution >= 0.6 is 0 Å². The van der Waals surface area contributed by atoms with Gasteiger partial charge in [0.1, 0.15) is 5.82 Å². The minimum absolute atomic E-state index is 0.0258. The lowest BCUT2D eigenvalue weighted by Crippen LogP contribution is -2.35. The molecule has 0 radical (unpaired) electrons. The van der Waals surface area contributed by atoms with E-state index in [9.17, 15) is 4.79 Å². The number of carbonyl (C=O) groups is 1. The average Bonchev–Trinajstić information content (AvgIpc) is 2.86. The van der Waals surface area contributed by atoms with Crippen LogP contribution in [0.1, 0.15) is 53.8 Å². The summed E-state index contributed by atoms with van der Waals surface area (Å²) in [6.45, 7) is 2.47. The molecule has 1 amide bonds. The second-order valence-electron chi connectivity index (χ2n) is 6.33. The van der Waals surface area contributed by atoms with Gasteiger partial charge in [-0.3, -0.25) is 4.79 Å². The molecule has 0 N–H and O–H groups in total. The summed E-state index contributed by atoms with van der Waals surface area (Å²) < 4.78 is 5.12. The van der Waals surface area contributed by atoms with Crippen molar-refractivity contribution in [1.29, 1.82) is 0 Å². The van der Waals surface area contributed by atoms with Gasteiger partial charge < -0.3 is 14.3 Å². The molecule has 7 heteroatoms. The summed E-state index contributed by atoms with van der Waals surface area (Å²) in [5, 5.41) is 4.04. The van der Waals surface area contributed by atoms with Crippen LogP contribution in [-0.4, -0.2) is 46.6 Å². The molecule has 1 aliphatic heterocycles. The first-order valence-electron chi connectivity index (χ1n) is 8.31. The SMILES string of the molecule is Cc1nc(C2CCCCCN2C(=O)c2ccc(N(C)C)nc2)no1. The molecule has 2 aromatic heterocycles. The maximum atomic E-state index is 13.0. The Kier molecular flexibility index (Phi) is 4.78. The molecule has 0 aliphatic carbocycles. The molecule has 0 saturated carbocycles. The first kappa shape index (κ1) is 16.4. The van der Waals surface area contributed by atoms with Gasteiger partial charge in [0, 0.05) is 33.8 Å². The molecule has 0 bridgehead atoms. The fourth-order valence-electron chi connectivity index (χ4n) is 3.01. The number of rotatable bonds is 3. The van der Waals surface area contributed by atoms with Crippen molar-refractivity contribution in [3.8, 4) is 0 Å². The monoisotopic (exact) mass is 329 g/mol. The standard InChI is InChI=1S/C17H23N5O2/c1-12-19-16(20-24-12)14-7-5-4-6-10-22(14)17(23)13-8-9-15(18-11-13)21(2)3/h8-9,11,14H,4-7,10H2,1-3H3. The smallest absolute Gasteiger partial charge is 0.256 e. The normalized spacial score (nSPS) is 18.3. The van der Waals surface area contributed by atoms with Gasteiger partial charge >= 0.3 is 0 Å². The van der Waals surface area contributed by atoms with Crippen LogP contribution in [0, 0.1) is 6.92 Å². The number of aryl methyl sites for hydroxylation is 1. The largest absolute Gasteiger partial charge is 0.363 e. The summed E-state index contributed by atoms with van der Waals surface area (Å²) >= 11 is 0. The Morgan fingerprint density at radius 3 is 2.75 bits per heavy atom. The predicted molar refractivity (Wildman–Crippen MR) is 89.8 cm³/mol. The Hall–Kier alpha value is -2.44. The third-order valence-electron chi connectivity index (χ3n) is 4.31. The highest BCUT2D eigenvalue weighted by Crippen LogP contribution is 2.29. The highest BCUT2D eigenvalue weighted by molar-refractivity contribution is 5.94. The second-order valence-corrected chi connectivity index (χ2v) is 6.33. The zero-order chi connectivity index (χ0) is 17.1. The van der Waals surface area contributed by atoms with Gasteiger partial charge in [-0.05, 0) is 25.0 Å². The lowest BCUT2D eigenvalue weighted by Gasteiger charge is -2.28. The number of carbonyl (C=O) groups excluding carboxylic acids is 1. The zero-order valence-corrected chi connectivity index (χ0v) is 14.4. The molecule has 1 saturated heterocycles. The van der Waals surface area contributed by atoms with Gasteiger partial charge in [0.15, 0.2) is 5.82 Å². The third-order valence-corrected chi connectivity index (χ3v) is 4.31. The molecule has 128 valence electrons. The Bertz CT molecular complexity index is 695. The van der Waals surface area contributed by atoms with Crippen LogP contribution < -0.4 is 4.90 Å². The van der Waals surface area contributed by atoms with E-state index in [-0.39, 0.29) is 11.9 Å². The van der Waals surface area contributed by atoms with E-state index in [1.54, 1.807) is 13.1 Å². The highest BCUT2D eigenvalue weighted by Gasteiger charge is 2.30. The van der Waals surface area contributed by atoms with Gasteiger partial charge in [0.25, 0.3) is 5.91 Å². The van der Waals surface area contributed by atoms with Gasteiger partial charge in [0.2, 0.25) is 5.89 Å². The van der Waals surface area contributed by atoms with Crippen LogP contribution in [0.25, 0.3) is 0 Å². The van der Waals surface area contributed by atoms with E-state index in [4.69, 9.17) is 4.52 Å². The van der Waals surface area contributed by atoms with Crippen LogP contribution in [0.5, 0.6) is 0 Å². The molecule has 2 aromatic rings. The van der Waals surface area contributed by atoms with E-state index in [1.807, 2.05) is 36.0 Å². The summed E-state index contributed by atoms with van der Waals surface area (Å²) in [7, 11) is 3.85. The van der Waals surface area contributed by atoms with E-state index in [1.165, 1.54) is 0 Å². The summed E-state index contributed by atoms with van der Waals surface area (Å²) in [5.74, 6) is 1.93. The fourth-order valence-corrected chi connectivity index (χ4v) is 3.01. The summed E-state index contributed by atoms with van der Waals surface area (Å²) in [6, 6.07) is 3.55. The van der Waals surface area contributed by atoms with Crippen molar-refractivity contribution in [2.45, 2.75) is 38.6 Å². The zero-order valence-electron chi connectivity index (χ0n) is 14.4. The minimum atomic E-state index is -0.133. The Labute approximate surface area is 141 Å². The van der Waals surface area contributed by atoms with Crippen LogP contribution in [0.4, 0.5) is 5.82 Å². The molecule has 7 nitrogen and oxygen atoms in total. The number of amides is 1. The first-order valence-corrected chi connectivity index (χ1v) is 8.31. The van der Waals surface area contributed by atoms with Crippen molar-refractivity contribution in [3.63, 3.8) is 0 Å². The highest BCUT2D eigenvalue weighted by atomic mass is 16.5. The molecule has 3 heterocycles. The molecule has 1 fully saturated rings. The molecular formula is C17H23N5O2. The number of anilines is 1. The van der Waals surface area contributed by atoms with Crippen LogP contribution in [0.3, 0.4) is 0 Å².